The third-order valence-electron chi connectivity index (χ3n) is 4.50. The van der Waals surface area contributed by atoms with Gasteiger partial charge in [0.05, 0.1) is 16.9 Å². The van der Waals surface area contributed by atoms with Gasteiger partial charge < -0.3 is 0 Å². The van der Waals surface area contributed by atoms with Crippen molar-refractivity contribution in [3.8, 4) is 28.3 Å². The zero-order valence-electron chi connectivity index (χ0n) is 15.8. The van der Waals surface area contributed by atoms with E-state index in [0.29, 0.717) is 5.56 Å². The number of hydrogen-bond acceptors (Lipinski definition) is 6. The fourth-order valence-electron chi connectivity index (χ4n) is 3.02. The van der Waals surface area contributed by atoms with E-state index in [2.05, 4.69) is 15.1 Å². The smallest absolute Gasteiger partial charge is 0.245 e. The van der Waals surface area contributed by atoms with Crippen LogP contribution in [0, 0.1) is 6.92 Å². The maximum absolute atomic E-state index is 13.4. The van der Waals surface area contributed by atoms with E-state index in [0.717, 1.165) is 39.8 Å². The number of hydrogen-bond donors (Lipinski definition) is 1. The maximum Gasteiger partial charge on any atom is 0.435 e. The Balaban J connectivity index is 1.84. The molecule has 0 fully saturated rings. The van der Waals surface area contributed by atoms with Crippen molar-refractivity contribution in [2.75, 3.05) is 0 Å². The summed E-state index contributed by atoms with van der Waals surface area (Å²) >= 11 is 1.44. The molecule has 12 heteroatoms. The van der Waals surface area contributed by atoms with E-state index in [9.17, 15) is 21.6 Å². The Labute approximate surface area is 179 Å². The number of aryl methyl sites for hydroxylation is 1. The van der Waals surface area contributed by atoms with Crippen LogP contribution in [0.4, 0.5) is 13.2 Å². The van der Waals surface area contributed by atoms with Crippen LogP contribution in [0.25, 0.3) is 28.3 Å². The number of sulfonamides is 1. The molecule has 0 aliphatic carbocycles. The van der Waals surface area contributed by atoms with E-state index < -0.39 is 21.9 Å². The van der Waals surface area contributed by atoms with Crippen LogP contribution in [-0.4, -0.2) is 28.2 Å². The Morgan fingerprint density at radius 3 is 2.42 bits per heavy atom. The minimum Gasteiger partial charge on any atom is -0.245 e. The second-order valence-electron chi connectivity index (χ2n) is 6.62. The van der Waals surface area contributed by atoms with E-state index in [4.69, 9.17) is 5.14 Å². The molecule has 31 heavy (non-hydrogen) atoms. The lowest BCUT2D eigenvalue weighted by atomic mass is 10.0. The molecule has 0 spiro atoms. The molecular weight excluding hydrogens is 451 g/mol. The van der Waals surface area contributed by atoms with Gasteiger partial charge in [-0.1, -0.05) is 12.1 Å². The van der Waals surface area contributed by atoms with Gasteiger partial charge >= 0.3 is 6.18 Å². The molecule has 0 aliphatic rings. The molecule has 0 amide bonds. The molecule has 160 valence electrons. The summed E-state index contributed by atoms with van der Waals surface area (Å²) in [5, 5.41) is 10.6. The molecular formula is C19H14F3N5O2S2. The van der Waals surface area contributed by atoms with E-state index in [1.165, 1.54) is 17.4 Å². The molecule has 1 aromatic carbocycles. The number of benzene rings is 1. The van der Waals surface area contributed by atoms with Crippen LogP contribution in [0.15, 0.2) is 58.4 Å². The molecule has 2 N–H and O–H groups in total. The highest BCUT2D eigenvalue weighted by Gasteiger charge is 2.35. The molecule has 3 aromatic heterocycles. The number of pyridine rings is 1. The third kappa shape index (κ3) is 4.22. The fourth-order valence-corrected chi connectivity index (χ4v) is 4.03. The van der Waals surface area contributed by atoms with Gasteiger partial charge in [0.1, 0.15) is 4.90 Å². The van der Waals surface area contributed by atoms with Crippen molar-refractivity contribution in [1.82, 2.24) is 19.7 Å². The minimum absolute atomic E-state index is 0.0131. The molecule has 0 atom stereocenters. The van der Waals surface area contributed by atoms with Crippen molar-refractivity contribution in [2.24, 2.45) is 5.14 Å². The standard InChI is InChI=1S/C19H14F3N5O2S2/c1-11-6-12(2-4-14(11)15-9-30-10-25-15)16-7-17(19(20,21)22)26-27(16)18-5-3-13(8-24-18)31(23,28)29/h2-10H,1H3,(H2,23,28,29). The van der Waals surface area contributed by atoms with Gasteiger partial charge in [-0.15, -0.1) is 11.3 Å². The zero-order valence-corrected chi connectivity index (χ0v) is 17.5. The number of aromatic nitrogens is 4. The highest BCUT2D eigenvalue weighted by molar-refractivity contribution is 7.89. The van der Waals surface area contributed by atoms with Crippen molar-refractivity contribution in [3.05, 3.63) is 64.7 Å². The first-order valence-corrected chi connectivity index (χ1v) is 11.2. The van der Waals surface area contributed by atoms with Crippen LogP contribution in [0.3, 0.4) is 0 Å². The summed E-state index contributed by atoms with van der Waals surface area (Å²) in [5.74, 6) is 0.0131. The second kappa shape index (κ2) is 7.55. The Hall–Kier alpha value is -3.09. The van der Waals surface area contributed by atoms with E-state index in [1.807, 2.05) is 12.3 Å². The Morgan fingerprint density at radius 2 is 1.87 bits per heavy atom. The van der Waals surface area contributed by atoms with Crippen LogP contribution in [0.2, 0.25) is 0 Å². The Kier molecular flexibility index (Phi) is 5.15. The molecule has 0 saturated carbocycles. The van der Waals surface area contributed by atoms with Crippen LogP contribution < -0.4 is 5.14 Å². The van der Waals surface area contributed by atoms with Gasteiger partial charge in [0.25, 0.3) is 0 Å². The zero-order chi connectivity index (χ0) is 22.4. The highest BCUT2D eigenvalue weighted by Crippen LogP contribution is 2.34. The summed E-state index contributed by atoms with van der Waals surface area (Å²) in [7, 11) is -3.99. The first kappa shape index (κ1) is 21.2. The number of nitrogens with two attached hydrogens (primary N) is 1. The molecule has 0 bridgehead atoms. The lowest BCUT2D eigenvalue weighted by Gasteiger charge is -2.10. The van der Waals surface area contributed by atoms with Crippen LogP contribution in [-0.2, 0) is 16.2 Å². The molecule has 0 radical (unpaired) electrons. The lowest BCUT2D eigenvalue weighted by Crippen LogP contribution is -2.13. The summed E-state index contributed by atoms with van der Waals surface area (Å²) in [5.41, 5.74) is 3.70. The average Bonchev–Trinajstić information content (AvgIpc) is 3.37. The maximum atomic E-state index is 13.4. The van der Waals surface area contributed by atoms with Crippen molar-refractivity contribution in [1.29, 1.82) is 0 Å². The van der Waals surface area contributed by atoms with Crippen molar-refractivity contribution < 1.29 is 21.6 Å². The van der Waals surface area contributed by atoms with Gasteiger partial charge in [0, 0.05) is 22.7 Å². The van der Waals surface area contributed by atoms with E-state index >= 15 is 0 Å². The van der Waals surface area contributed by atoms with Crippen LogP contribution >= 0.6 is 11.3 Å². The first-order valence-electron chi connectivity index (χ1n) is 8.70. The lowest BCUT2D eigenvalue weighted by molar-refractivity contribution is -0.141. The second-order valence-corrected chi connectivity index (χ2v) is 8.90. The minimum atomic E-state index is -4.67. The van der Waals surface area contributed by atoms with Crippen LogP contribution in [0.5, 0.6) is 0 Å². The van der Waals surface area contributed by atoms with Gasteiger partial charge in [0.15, 0.2) is 11.5 Å². The summed E-state index contributed by atoms with van der Waals surface area (Å²) in [6.45, 7) is 1.84. The summed E-state index contributed by atoms with van der Waals surface area (Å²) < 4.78 is 64.0. The molecule has 0 unspecified atom stereocenters. The molecule has 7 nitrogen and oxygen atoms in total. The van der Waals surface area contributed by atoms with Gasteiger partial charge in [0.2, 0.25) is 10.0 Å². The topological polar surface area (TPSA) is 104 Å². The van der Waals surface area contributed by atoms with Crippen molar-refractivity contribution in [3.63, 3.8) is 0 Å². The van der Waals surface area contributed by atoms with Crippen molar-refractivity contribution >= 4 is 21.4 Å². The first-order chi connectivity index (χ1) is 14.5. The number of halogens is 3. The Morgan fingerprint density at radius 1 is 1.10 bits per heavy atom. The molecule has 0 aliphatic heterocycles. The SMILES string of the molecule is Cc1cc(-c2cc(C(F)(F)F)nn2-c2ccc(S(N)(=O)=O)cn2)ccc1-c1cscn1. The molecule has 0 saturated heterocycles. The number of thiazole rings is 1. The predicted octanol–water partition coefficient (Wildman–Crippen LogP) is 4.03. The van der Waals surface area contributed by atoms with Gasteiger partial charge in [-0.05, 0) is 36.8 Å². The molecule has 3 heterocycles. The summed E-state index contributed by atoms with van der Waals surface area (Å²) in [6.07, 6.45) is -3.70. The Bertz CT molecular complexity index is 1350. The molecule has 4 aromatic rings. The normalized spacial score (nSPS) is 12.3. The van der Waals surface area contributed by atoms with Crippen molar-refractivity contribution in [2.45, 2.75) is 18.0 Å². The number of rotatable bonds is 4. The summed E-state index contributed by atoms with van der Waals surface area (Å²) in [6, 6.07) is 8.52. The highest BCUT2D eigenvalue weighted by atomic mass is 32.2. The summed E-state index contributed by atoms with van der Waals surface area (Å²) in [4.78, 5) is 7.95. The van der Waals surface area contributed by atoms with Crippen LogP contribution in [0.1, 0.15) is 11.3 Å². The predicted molar refractivity (Wildman–Crippen MR) is 109 cm³/mol. The van der Waals surface area contributed by atoms with E-state index in [-0.39, 0.29) is 16.4 Å². The third-order valence-corrected chi connectivity index (χ3v) is 5.98. The van der Waals surface area contributed by atoms with Gasteiger partial charge in [-0.3, -0.25) is 0 Å². The number of alkyl halides is 3. The number of nitrogens with zero attached hydrogens (tertiary/aromatic N) is 4. The largest absolute Gasteiger partial charge is 0.435 e. The molecule has 4 rings (SSSR count). The van der Waals surface area contributed by atoms with E-state index in [1.54, 1.807) is 23.7 Å². The average molecular weight is 465 g/mol. The number of primary sulfonamides is 1. The monoisotopic (exact) mass is 465 g/mol. The fraction of sp³-hybridized carbons (Fsp3) is 0.105. The quantitative estimate of drug-likeness (QED) is 0.490. The van der Waals surface area contributed by atoms with Gasteiger partial charge in [-0.2, -0.15) is 18.3 Å². The van der Waals surface area contributed by atoms with Gasteiger partial charge in [-0.25, -0.2) is 28.2 Å².